The number of carbonyl (C=O) groups is 1. The van der Waals surface area contributed by atoms with Crippen LogP contribution in [0, 0.1) is 5.82 Å². The van der Waals surface area contributed by atoms with Crippen LogP contribution in [0.5, 0.6) is 0 Å². The molecule has 2 N–H and O–H groups in total. The van der Waals surface area contributed by atoms with Crippen molar-refractivity contribution in [1.82, 2.24) is 9.88 Å². The molecule has 0 bridgehead atoms. The number of hydrogen-bond acceptors (Lipinski definition) is 3. The maximum Gasteiger partial charge on any atom is 0.272 e. The first-order valence-electron chi connectivity index (χ1n) is 6.86. The van der Waals surface area contributed by atoms with Crippen LogP contribution < -0.4 is 5.73 Å². The van der Waals surface area contributed by atoms with E-state index in [1.54, 1.807) is 11.0 Å². The molecule has 0 saturated heterocycles. The van der Waals surface area contributed by atoms with Crippen LogP contribution in [0.15, 0.2) is 42.6 Å². The van der Waals surface area contributed by atoms with Gasteiger partial charge in [0, 0.05) is 18.8 Å². The van der Waals surface area contributed by atoms with E-state index in [0.717, 1.165) is 18.2 Å². The third-order valence-corrected chi connectivity index (χ3v) is 3.14. The molecule has 0 fully saturated rings. The summed E-state index contributed by atoms with van der Waals surface area (Å²) in [5.41, 5.74) is 7.70. The van der Waals surface area contributed by atoms with Gasteiger partial charge in [-0.3, -0.25) is 4.79 Å². The molecule has 21 heavy (non-hydrogen) atoms. The number of aromatic nitrogens is 1. The molecule has 0 aliphatic rings. The second-order valence-electron chi connectivity index (χ2n) is 4.79. The monoisotopic (exact) mass is 287 g/mol. The molecular weight excluding hydrogens is 269 g/mol. The van der Waals surface area contributed by atoms with Gasteiger partial charge in [0.05, 0.1) is 6.20 Å². The number of amides is 1. The minimum atomic E-state index is -0.458. The minimum Gasteiger partial charge on any atom is -0.398 e. The van der Waals surface area contributed by atoms with Gasteiger partial charge in [0.2, 0.25) is 0 Å². The molecule has 1 aromatic heterocycles. The van der Waals surface area contributed by atoms with Gasteiger partial charge in [0.1, 0.15) is 11.5 Å². The Morgan fingerprint density at radius 3 is 2.67 bits per heavy atom. The van der Waals surface area contributed by atoms with Crippen LogP contribution in [0.25, 0.3) is 0 Å². The summed E-state index contributed by atoms with van der Waals surface area (Å²) in [6.07, 6.45) is 1.87. The lowest BCUT2D eigenvalue weighted by Gasteiger charge is -2.22. The Bertz CT molecular complexity index is 613. The fourth-order valence-corrected chi connectivity index (χ4v) is 2.07. The minimum absolute atomic E-state index is 0.222. The highest BCUT2D eigenvalue weighted by atomic mass is 19.1. The van der Waals surface area contributed by atoms with Crippen LogP contribution in [-0.2, 0) is 6.54 Å². The van der Waals surface area contributed by atoms with Crippen LogP contribution in [-0.4, -0.2) is 22.3 Å². The van der Waals surface area contributed by atoms with Gasteiger partial charge in [-0.2, -0.15) is 0 Å². The Morgan fingerprint density at radius 2 is 2.05 bits per heavy atom. The molecule has 2 rings (SSSR count). The van der Waals surface area contributed by atoms with E-state index in [2.05, 4.69) is 4.98 Å². The van der Waals surface area contributed by atoms with Gasteiger partial charge >= 0.3 is 0 Å². The molecule has 0 aliphatic heterocycles. The van der Waals surface area contributed by atoms with Crippen LogP contribution in [0.2, 0.25) is 0 Å². The van der Waals surface area contributed by atoms with Crippen molar-refractivity contribution in [2.24, 2.45) is 0 Å². The van der Waals surface area contributed by atoms with Gasteiger partial charge in [-0.25, -0.2) is 9.37 Å². The topological polar surface area (TPSA) is 59.2 Å². The lowest BCUT2D eigenvalue weighted by atomic mass is 10.1. The zero-order chi connectivity index (χ0) is 15.2. The van der Waals surface area contributed by atoms with Crippen molar-refractivity contribution in [3.8, 4) is 0 Å². The normalized spacial score (nSPS) is 10.4. The zero-order valence-electron chi connectivity index (χ0n) is 11.9. The smallest absolute Gasteiger partial charge is 0.272 e. The molecule has 1 amide bonds. The van der Waals surface area contributed by atoms with E-state index >= 15 is 0 Å². The van der Waals surface area contributed by atoms with Gasteiger partial charge < -0.3 is 10.6 Å². The molecule has 5 heteroatoms. The second-order valence-corrected chi connectivity index (χ2v) is 4.79. The summed E-state index contributed by atoms with van der Waals surface area (Å²) < 4.78 is 12.9. The SMILES string of the molecule is CCCN(Cc1ccccc1N)C(=O)c1ccc(F)cn1. The van der Waals surface area contributed by atoms with E-state index in [4.69, 9.17) is 5.73 Å². The molecule has 1 heterocycles. The van der Waals surface area contributed by atoms with Gasteiger partial charge in [-0.05, 0) is 30.2 Å². The Hall–Kier alpha value is -2.43. The van der Waals surface area contributed by atoms with Gasteiger partial charge in [-0.15, -0.1) is 0 Å². The molecule has 0 aliphatic carbocycles. The van der Waals surface area contributed by atoms with Crippen molar-refractivity contribution in [3.63, 3.8) is 0 Å². The molecular formula is C16H18FN3O. The number of halogens is 1. The number of benzene rings is 1. The van der Waals surface area contributed by atoms with Crippen molar-refractivity contribution >= 4 is 11.6 Å². The second kappa shape index (κ2) is 6.83. The largest absolute Gasteiger partial charge is 0.398 e. The molecule has 2 aromatic rings. The average molecular weight is 287 g/mol. The third-order valence-electron chi connectivity index (χ3n) is 3.14. The number of nitrogens with two attached hydrogens (primary N) is 1. The molecule has 0 unspecified atom stereocenters. The Balaban J connectivity index is 2.20. The number of carbonyl (C=O) groups excluding carboxylic acids is 1. The Labute approximate surface area is 123 Å². The first-order valence-corrected chi connectivity index (χ1v) is 6.86. The highest BCUT2D eigenvalue weighted by Gasteiger charge is 2.17. The summed E-state index contributed by atoms with van der Waals surface area (Å²) in [5, 5.41) is 0. The summed E-state index contributed by atoms with van der Waals surface area (Å²) in [6.45, 7) is 3.00. The lowest BCUT2D eigenvalue weighted by molar-refractivity contribution is 0.0737. The first kappa shape index (κ1) is 15.0. The summed E-state index contributed by atoms with van der Waals surface area (Å²) in [4.78, 5) is 18.0. The molecule has 0 spiro atoms. The predicted molar refractivity (Wildman–Crippen MR) is 80.1 cm³/mol. The zero-order valence-corrected chi connectivity index (χ0v) is 11.9. The van der Waals surface area contributed by atoms with Crippen molar-refractivity contribution < 1.29 is 9.18 Å². The van der Waals surface area contributed by atoms with Crippen molar-refractivity contribution in [2.45, 2.75) is 19.9 Å². The third kappa shape index (κ3) is 3.78. The fourth-order valence-electron chi connectivity index (χ4n) is 2.07. The average Bonchev–Trinajstić information content (AvgIpc) is 2.49. The molecule has 4 nitrogen and oxygen atoms in total. The number of pyridine rings is 1. The highest BCUT2D eigenvalue weighted by Crippen LogP contribution is 2.15. The summed E-state index contributed by atoms with van der Waals surface area (Å²) in [5.74, 6) is -0.680. The predicted octanol–water partition coefficient (Wildman–Crippen LogP) is 2.86. The van der Waals surface area contributed by atoms with Gasteiger partial charge in [0.15, 0.2) is 0 Å². The van der Waals surface area contributed by atoms with E-state index in [0.29, 0.717) is 18.8 Å². The molecule has 110 valence electrons. The standard InChI is InChI=1S/C16H18FN3O/c1-2-9-20(11-12-5-3-4-6-14(12)18)16(21)15-8-7-13(17)10-19-15/h3-8,10H,2,9,11,18H2,1H3. The highest BCUT2D eigenvalue weighted by molar-refractivity contribution is 5.92. The van der Waals surface area contributed by atoms with Gasteiger partial charge in [0.25, 0.3) is 5.91 Å². The number of para-hydroxylation sites is 1. The fraction of sp³-hybridized carbons (Fsp3) is 0.250. The van der Waals surface area contributed by atoms with E-state index in [1.807, 2.05) is 25.1 Å². The number of hydrogen-bond donors (Lipinski definition) is 1. The number of anilines is 1. The van der Waals surface area contributed by atoms with Crippen LogP contribution in [0.1, 0.15) is 29.4 Å². The van der Waals surface area contributed by atoms with Gasteiger partial charge in [-0.1, -0.05) is 25.1 Å². The molecule has 0 saturated carbocycles. The van der Waals surface area contributed by atoms with Crippen molar-refractivity contribution in [3.05, 3.63) is 59.7 Å². The van der Waals surface area contributed by atoms with Crippen LogP contribution in [0.4, 0.5) is 10.1 Å². The lowest BCUT2D eigenvalue weighted by Crippen LogP contribution is -2.32. The number of nitrogen functional groups attached to an aromatic ring is 1. The molecule has 1 aromatic carbocycles. The first-order chi connectivity index (χ1) is 10.1. The summed E-state index contributed by atoms with van der Waals surface area (Å²) >= 11 is 0. The maximum atomic E-state index is 12.9. The molecule has 0 atom stereocenters. The molecule has 0 radical (unpaired) electrons. The summed E-state index contributed by atoms with van der Waals surface area (Å²) in [7, 11) is 0. The Morgan fingerprint density at radius 1 is 1.29 bits per heavy atom. The van der Waals surface area contributed by atoms with E-state index in [-0.39, 0.29) is 11.6 Å². The number of nitrogens with zero attached hydrogens (tertiary/aromatic N) is 2. The maximum absolute atomic E-state index is 12.9. The van der Waals surface area contributed by atoms with E-state index < -0.39 is 5.82 Å². The van der Waals surface area contributed by atoms with E-state index in [1.165, 1.54) is 12.1 Å². The van der Waals surface area contributed by atoms with Crippen LogP contribution >= 0.6 is 0 Å². The summed E-state index contributed by atoms with van der Waals surface area (Å²) in [6, 6.07) is 10.1. The van der Waals surface area contributed by atoms with Crippen LogP contribution in [0.3, 0.4) is 0 Å². The number of rotatable bonds is 5. The Kier molecular flexibility index (Phi) is 4.87. The van der Waals surface area contributed by atoms with Crippen molar-refractivity contribution in [1.29, 1.82) is 0 Å². The van der Waals surface area contributed by atoms with E-state index in [9.17, 15) is 9.18 Å². The van der Waals surface area contributed by atoms with Crippen molar-refractivity contribution in [2.75, 3.05) is 12.3 Å². The quantitative estimate of drug-likeness (QED) is 0.860.